The molecule has 1 amide bonds. The third kappa shape index (κ3) is 4.04. The molecule has 0 spiro atoms. The van der Waals surface area contributed by atoms with Crippen molar-refractivity contribution < 1.29 is 17.9 Å². The molecule has 1 heterocycles. The largest absolute Gasteiger partial charge is 0.495 e. The van der Waals surface area contributed by atoms with Gasteiger partial charge in [-0.25, -0.2) is 13.1 Å². The molecular formula is C17H15ClN4O4S. The van der Waals surface area contributed by atoms with Crippen molar-refractivity contribution in [3.05, 3.63) is 65.4 Å². The molecular weight excluding hydrogens is 392 g/mol. The van der Waals surface area contributed by atoms with Crippen LogP contribution in [0.25, 0.3) is 5.69 Å². The summed E-state index contributed by atoms with van der Waals surface area (Å²) in [6, 6.07) is 12.1. The van der Waals surface area contributed by atoms with Crippen molar-refractivity contribution in [2.45, 2.75) is 4.90 Å². The number of halogens is 1. The predicted molar refractivity (Wildman–Crippen MR) is 101 cm³/mol. The van der Waals surface area contributed by atoms with Gasteiger partial charge in [0, 0.05) is 11.9 Å². The zero-order chi connectivity index (χ0) is 19.6. The topological polar surface area (TPSA) is 116 Å². The molecule has 2 aromatic carbocycles. The predicted octanol–water partition coefficient (Wildman–Crippen LogP) is 2.43. The van der Waals surface area contributed by atoms with Crippen LogP contribution in [0.15, 0.2) is 59.6 Å². The number of carbonyl (C=O) groups is 1. The van der Waals surface area contributed by atoms with Crippen molar-refractivity contribution in [1.29, 1.82) is 0 Å². The van der Waals surface area contributed by atoms with Crippen LogP contribution in [0.4, 0.5) is 5.69 Å². The second-order valence-electron chi connectivity index (χ2n) is 5.46. The molecule has 0 radical (unpaired) electrons. The molecule has 8 nitrogen and oxygen atoms in total. The molecule has 0 aliphatic rings. The molecule has 0 atom stereocenters. The highest BCUT2D eigenvalue weighted by molar-refractivity contribution is 7.92. The van der Waals surface area contributed by atoms with Crippen LogP contribution < -0.4 is 15.2 Å². The van der Waals surface area contributed by atoms with Gasteiger partial charge in [0.15, 0.2) is 0 Å². The Balaban J connectivity index is 1.81. The number of nitrogens with two attached hydrogens (primary N) is 1. The van der Waals surface area contributed by atoms with Gasteiger partial charge in [-0.1, -0.05) is 11.6 Å². The summed E-state index contributed by atoms with van der Waals surface area (Å²) in [5.74, 6) is -0.245. The Hall–Kier alpha value is -3.04. The van der Waals surface area contributed by atoms with E-state index in [0.717, 1.165) is 0 Å². The van der Waals surface area contributed by atoms with E-state index < -0.39 is 15.9 Å². The van der Waals surface area contributed by atoms with Crippen LogP contribution in [0.1, 0.15) is 10.5 Å². The molecule has 0 fully saturated rings. The Morgan fingerprint density at radius 3 is 2.44 bits per heavy atom. The number of amides is 1. The normalized spacial score (nSPS) is 11.2. The smallest absolute Gasteiger partial charge is 0.269 e. The Morgan fingerprint density at radius 2 is 1.89 bits per heavy atom. The quantitative estimate of drug-likeness (QED) is 0.652. The molecule has 0 aliphatic carbocycles. The first-order valence-electron chi connectivity index (χ1n) is 7.62. The van der Waals surface area contributed by atoms with Crippen molar-refractivity contribution >= 4 is 33.2 Å². The minimum Gasteiger partial charge on any atom is -0.495 e. The van der Waals surface area contributed by atoms with Crippen LogP contribution in [0.5, 0.6) is 5.75 Å². The summed E-state index contributed by atoms with van der Waals surface area (Å²) < 4.78 is 34.0. The first-order chi connectivity index (χ1) is 12.8. The lowest BCUT2D eigenvalue weighted by molar-refractivity contribution is 0.0995. The van der Waals surface area contributed by atoms with Crippen LogP contribution in [-0.4, -0.2) is 31.2 Å². The van der Waals surface area contributed by atoms with Crippen molar-refractivity contribution in [2.75, 3.05) is 11.8 Å². The summed E-state index contributed by atoms with van der Waals surface area (Å²) in [6.45, 7) is 0. The van der Waals surface area contributed by atoms with E-state index in [-0.39, 0.29) is 15.6 Å². The van der Waals surface area contributed by atoms with Crippen molar-refractivity contribution in [2.24, 2.45) is 5.73 Å². The molecule has 3 N–H and O–H groups in total. The number of benzene rings is 2. The average molecular weight is 407 g/mol. The monoisotopic (exact) mass is 406 g/mol. The van der Waals surface area contributed by atoms with Crippen molar-refractivity contribution in [3.63, 3.8) is 0 Å². The van der Waals surface area contributed by atoms with Gasteiger partial charge in [0.05, 0.1) is 22.7 Å². The Labute approximate surface area is 160 Å². The van der Waals surface area contributed by atoms with Gasteiger partial charge in [0.2, 0.25) is 0 Å². The van der Waals surface area contributed by atoms with E-state index in [1.165, 1.54) is 36.1 Å². The number of hydrogen-bond acceptors (Lipinski definition) is 5. The average Bonchev–Trinajstić information content (AvgIpc) is 3.12. The number of hydrogen-bond donors (Lipinski definition) is 2. The Kier molecular flexibility index (Phi) is 5.06. The van der Waals surface area contributed by atoms with Crippen molar-refractivity contribution in [1.82, 2.24) is 9.78 Å². The van der Waals surface area contributed by atoms with Gasteiger partial charge in [-0.2, -0.15) is 5.10 Å². The molecule has 27 heavy (non-hydrogen) atoms. The molecule has 0 unspecified atom stereocenters. The fourth-order valence-electron chi connectivity index (χ4n) is 2.31. The second kappa shape index (κ2) is 7.29. The van der Waals surface area contributed by atoms with Gasteiger partial charge in [0.25, 0.3) is 15.9 Å². The lowest BCUT2D eigenvalue weighted by Gasteiger charge is -2.10. The summed E-state index contributed by atoms with van der Waals surface area (Å²) in [5, 5.41) is 4.23. The number of sulfonamides is 1. The molecule has 0 saturated heterocycles. The van der Waals surface area contributed by atoms with Crippen molar-refractivity contribution in [3.8, 4) is 11.4 Å². The summed E-state index contributed by atoms with van der Waals surface area (Å²) in [5.41, 5.74) is 6.30. The fraction of sp³-hybridized carbons (Fsp3) is 0.0588. The minimum atomic E-state index is -3.82. The molecule has 3 aromatic rings. The standard InChI is InChI=1S/C17H15ClN4O4S/c1-26-16-7-6-13(10-14(16)18)27(24,25)21-11-2-4-12(5-3-11)22-9-8-15(20-22)17(19)23/h2-10,21H,1H3,(H2,19,23). The Bertz CT molecular complexity index is 1090. The number of nitrogens with one attached hydrogen (secondary N) is 1. The highest BCUT2D eigenvalue weighted by atomic mass is 35.5. The highest BCUT2D eigenvalue weighted by Gasteiger charge is 2.16. The fourth-order valence-corrected chi connectivity index (χ4v) is 3.72. The van der Waals surface area contributed by atoms with E-state index >= 15 is 0 Å². The van der Waals surface area contributed by atoms with E-state index in [1.54, 1.807) is 30.5 Å². The van der Waals surface area contributed by atoms with Crippen LogP contribution >= 0.6 is 11.6 Å². The van der Waals surface area contributed by atoms with E-state index in [0.29, 0.717) is 17.1 Å². The number of nitrogens with zero attached hydrogens (tertiary/aromatic N) is 2. The van der Waals surface area contributed by atoms with Gasteiger partial charge in [-0.05, 0) is 48.5 Å². The third-order valence-electron chi connectivity index (χ3n) is 3.66. The zero-order valence-corrected chi connectivity index (χ0v) is 15.7. The lowest BCUT2D eigenvalue weighted by Crippen LogP contribution is -2.13. The third-order valence-corrected chi connectivity index (χ3v) is 5.33. The van der Waals surface area contributed by atoms with Crippen LogP contribution in [-0.2, 0) is 10.0 Å². The highest BCUT2D eigenvalue weighted by Crippen LogP contribution is 2.28. The van der Waals surface area contributed by atoms with Crippen LogP contribution in [0, 0.1) is 0 Å². The maximum Gasteiger partial charge on any atom is 0.269 e. The Morgan fingerprint density at radius 1 is 1.19 bits per heavy atom. The lowest BCUT2D eigenvalue weighted by atomic mass is 10.3. The maximum absolute atomic E-state index is 12.5. The molecule has 0 saturated carbocycles. The first-order valence-corrected chi connectivity index (χ1v) is 9.48. The minimum absolute atomic E-state index is 0.00977. The van der Waals surface area contributed by atoms with Gasteiger partial charge in [-0.3, -0.25) is 9.52 Å². The molecule has 1 aromatic heterocycles. The van der Waals surface area contributed by atoms with Crippen LogP contribution in [0.3, 0.4) is 0 Å². The second-order valence-corrected chi connectivity index (χ2v) is 7.55. The molecule has 10 heteroatoms. The molecule has 0 aliphatic heterocycles. The van der Waals surface area contributed by atoms with Crippen LogP contribution in [0.2, 0.25) is 5.02 Å². The number of ether oxygens (including phenoxy) is 1. The van der Waals surface area contributed by atoms with E-state index in [2.05, 4.69) is 9.82 Å². The van der Waals surface area contributed by atoms with Gasteiger partial charge in [-0.15, -0.1) is 0 Å². The van der Waals surface area contributed by atoms with E-state index in [4.69, 9.17) is 22.1 Å². The molecule has 0 bridgehead atoms. The molecule has 3 rings (SSSR count). The van der Waals surface area contributed by atoms with Gasteiger partial charge in [0.1, 0.15) is 11.4 Å². The number of primary amides is 1. The first kappa shape index (κ1) is 18.7. The van der Waals surface area contributed by atoms with E-state index in [1.807, 2.05) is 0 Å². The van der Waals surface area contributed by atoms with Gasteiger partial charge >= 0.3 is 0 Å². The number of aromatic nitrogens is 2. The number of rotatable bonds is 6. The van der Waals surface area contributed by atoms with E-state index in [9.17, 15) is 13.2 Å². The summed E-state index contributed by atoms with van der Waals surface area (Å²) in [7, 11) is -2.37. The zero-order valence-electron chi connectivity index (χ0n) is 14.1. The molecule has 140 valence electrons. The number of anilines is 1. The SMILES string of the molecule is COc1ccc(S(=O)(=O)Nc2ccc(-n3ccc(C(N)=O)n3)cc2)cc1Cl. The summed E-state index contributed by atoms with van der Waals surface area (Å²) >= 11 is 5.99. The maximum atomic E-state index is 12.5. The summed E-state index contributed by atoms with van der Waals surface area (Å²) in [4.78, 5) is 11.1. The van der Waals surface area contributed by atoms with Gasteiger partial charge < -0.3 is 10.5 Å². The summed E-state index contributed by atoms with van der Waals surface area (Å²) in [6.07, 6.45) is 1.58. The number of carbonyl (C=O) groups excluding carboxylic acids is 1. The number of methoxy groups -OCH3 is 1.